The summed E-state index contributed by atoms with van der Waals surface area (Å²) in [6, 6.07) is 14.3. The van der Waals surface area contributed by atoms with Crippen molar-refractivity contribution < 1.29 is 9.59 Å². The number of hydrogen-bond donors (Lipinski definition) is 1. The minimum absolute atomic E-state index is 0.125. The van der Waals surface area contributed by atoms with Gasteiger partial charge < -0.3 is 9.80 Å². The molecule has 234 valence electrons. The molecule has 0 unspecified atom stereocenters. The highest BCUT2D eigenvalue weighted by Gasteiger charge is 2.51. The summed E-state index contributed by atoms with van der Waals surface area (Å²) in [5.74, 6) is 0.994. The molecular weight excluding hydrogens is 580 g/mol. The highest BCUT2D eigenvalue weighted by Crippen LogP contribution is 2.43. The van der Waals surface area contributed by atoms with Crippen LogP contribution < -0.4 is 4.90 Å². The van der Waals surface area contributed by atoms with E-state index >= 15 is 0 Å². The van der Waals surface area contributed by atoms with Gasteiger partial charge in [0.1, 0.15) is 12.0 Å². The summed E-state index contributed by atoms with van der Waals surface area (Å²) in [5, 5.41) is 17.2. The van der Waals surface area contributed by atoms with Gasteiger partial charge in [0.2, 0.25) is 11.8 Å². The van der Waals surface area contributed by atoms with Gasteiger partial charge >= 0.3 is 0 Å². The number of amides is 2. The van der Waals surface area contributed by atoms with E-state index in [4.69, 9.17) is 0 Å². The Labute approximate surface area is 266 Å². The average molecular weight is 617 g/mol. The van der Waals surface area contributed by atoms with Gasteiger partial charge in [-0.3, -0.25) is 29.0 Å². The zero-order valence-corrected chi connectivity index (χ0v) is 26.1. The number of H-pyrrole nitrogens is 1. The number of benzene rings is 2. The molecule has 1 N–H and O–H groups in total. The van der Waals surface area contributed by atoms with E-state index < -0.39 is 5.41 Å². The van der Waals surface area contributed by atoms with Crippen LogP contribution in [0, 0.1) is 5.41 Å². The molecule has 1 atom stereocenters. The number of carbonyl (C=O) groups is 2. The molecule has 3 aromatic heterocycles. The maximum Gasteiger partial charge on any atom is 0.237 e. The molecule has 5 aromatic rings. The summed E-state index contributed by atoms with van der Waals surface area (Å²) >= 11 is 0. The van der Waals surface area contributed by atoms with Crippen LogP contribution in [-0.4, -0.2) is 95.6 Å². The lowest BCUT2D eigenvalue weighted by molar-refractivity contribution is -0.132. The van der Waals surface area contributed by atoms with Crippen molar-refractivity contribution in [3.8, 4) is 22.6 Å². The number of aromatic amines is 1. The molecule has 8 rings (SSSR count). The summed E-state index contributed by atoms with van der Waals surface area (Å²) < 4.78 is 3.45. The normalized spacial score (nSPS) is 20.4. The van der Waals surface area contributed by atoms with E-state index in [1.807, 2.05) is 54.4 Å². The molecule has 2 fully saturated rings. The Morgan fingerprint density at radius 3 is 2.54 bits per heavy atom. The lowest BCUT2D eigenvalue weighted by atomic mass is 9.85. The zero-order chi connectivity index (χ0) is 31.4. The Morgan fingerprint density at radius 1 is 0.978 bits per heavy atom. The van der Waals surface area contributed by atoms with Crippen molar-refractivity contribution >= 4 is 34.0 Å². The van der Waals surface area contributed by atoms with Crippen molar-refractivity contribution in [3.63, 3.8) is 0 Å². The quantitative estimate of drug-likeness (QED) is 0.310. The predicted octanol–water partition coefficient (Wildman–Crippen LogP) is 3.50. The first kappa shape index (κ1) is 28.4. The monoisotopic (exact) mass is 616 g/mol. The number of hydrogen-bond acceptors (Lipinski definition) is 7. The molecule has 1 spiro atoms. The van der Waals surface area contributed by atoms with Crippen LogP contribution >= 0.6 is 0 Å². The highest BCUT2D eigenvalue weighted by molar-refractivity contribution is 6.03. The maximum absolute atomic E-state index is 13.9. The summed E-state index contributed by atoms with van der Waals surface area (Å²) in [7, 11) is 3.74. The fraction of sp³-hybridized carbons (Fsp3) is 0.353. The van der Waals surface area contributed by atoms with Gasteiger partial charge in [0, 0.05) is 68.7 Å². The summed E-state index contributed by atoms with van der Waals surface area (Å²) in [6.07, 6.45) is 9.98. The van der Waals surface area contributed by atoms with Gasteiger partial charge in [0.25, 0.3) is 0 Å². The second kappa shape index (κ2) is 11.1. The number of anilines is 1. The second-order valence-electron chi connectivity index (χ2n) is 12.8. The van der Waals surface area contributed by atoms with Crippen molar-refractivity contribution in [2.24, 2.45) is 19.5 Å². The molecule has 0 saturated carbocycles. The number of nitrogens with zero attached hydrogens (tertiary/aromatic N) is 9. The van der Waals surface area contributed by atoms with E-state index in [0.29, 0.717) is 38.5 Å². The topological polar surface area (TPSA) is 121 Å². The summed E-state index contributed by atoms with van der Waals surface area (Å²) in [5.41, 5.74) is 6.52. The van der Waals surface area contributed by atoms with Crippen LogP contribution in [0.2, 0.25) is 0 Å². The lowest BCUT2D eigenvalue weighted by Gasteiger charge is -2.29. The third-order valence-corrected chi connectivity index (χ3v) is 9.82. The third-order valence-electron chi connectivity index (χ3n) is 9.82. The summed E-state index contributed by atoms with van der Waals surface area (Å²) in [4.78, 5) is 37.6. The van der Waals surface area contributed by atoms with E-state index in [1.54, 1.807) is 21.9 Å². The predicted molar refractivity (Wildman–Crippen MR) is 174 cm³/mol. The molecule has 3 aliphatic rings. The van der Waals surface area contributed by atoms with Crippen LogP contribution in [0.4, 0.5) is 5.69 Å². The molecule has 3 aliphatic heterocycles. The first-order valence-electron chi connectivity index (χ1n) is 15.8. The fourth-order valence-corrected chi connectivity index (χ4v) is 7.23. The number of carbonyl (C=O) groups excluding carboxylic acids is 2. The first-order valence-corrected chi connectivity index (χ1v) is 15.8. The number of fused-ring (bicyclic) bond motifs is 1. The maximum atomic E-state index is 13.9. The van der Waals surface area contributed by atoms with Gasteiger partial charge in [0.15, 0.2) is 5.82 Å². The Hall–Kier alpha value is -5.10. The van der Waals surface area contributed by atoms with Gasteiger partial charge in [-0.2, -0.15) is 15.3 Å². The van der Waals surface area contributed by atoms with Gasteiger partial charge in [-0.1, -0.05) is 30.3 Å². The fourth-order valence-electron chi connectivity index (χ4n) is 7.23. The van der Waals surface area contributed by atoms with Crippen molar-refractivity contribution in [1.82, 2.24) is 44.5 Å². The van der Waals surface area contributed by atoms with E-state index in [2.05, 4.69) is 54.6 Å². The smallest absolute Gasteiger partial charge is 0.237 e. The number of aryl methyl sites for hydroxylation is 2. The Bertz CT molecular complexity index is 1990. The van der Waals surface area contributed by atoms with E-state index in [9.17, 15) is 9.59 Å². The van der Waals surface area contributed by atoms with E-state index in [-0.39, 0.29) is 11.8 Å². The lowest BCUT2D eigenvalue weighted by Crippen LogP contribution is -2.43. The van der Waals surface area contributed by atoms with Crippen LogP contribution in [0.5, 0.6) is 0 Å². The van der Waals surface area contributed by atoms with Crippen molar-refractivity contribution in [2.45, 2.75) is 19.3 Å². The molecule has 12 nitrogen and oxygen atoms in total. The molecule has 2 amide bonds. The van der Waals surface area contributed by atoms with Gasteiger partial charge in [-0.15, -0.1) is 0 Å². The second-order valence-corrected chi connectivity index (χ2v) is 12.8. The van der Waals surface area contributed by atoms with Crippen molar-refractivity contribution in [2.75, 3.05) is 44.2 Å². The molecule has 2 saturated heterocycles. The molecule has 6 heterocycles. The van der Waals surface area contributed by atoms with Gasteiger partial charge in [0.05, 0.1) is 23.7 Å². The van der Waals surface area contributed by atoms with Crippen LogP contribution in [0.1, 0.15) is 24.8 Å². The number of nitrogens with one attached hydrogen (secondary N) is 1. The number of aromatic nitrogens is 7. The van der Waals surface area contributed by atoms with E-state index in [1.165, 1.54) is 5.57 Å². The third kappa shape index (κ3) is 4.98. The zero-order valence-electron chi connectivity index (χ0n) is 26.1. The highest BCUT2D eigenvalue weighted by atomic mass is 16.2. The van der Waals surface area contributed by atoms with E-state index in [0.717, 1.165) is 64.8 Å². The SMILES string of the molecule is Cn1cc(-c2n[nH]c3ccc(N4CC[C@]5(CCN(CC(=O)N6CC=C(c7ccc(-c8ncn(C)n8)cc7)CC6)C5)C4=O)cc23)cn1. The van der Waals surface area contributed by atoms with Gasteiger partial charge in [-0.05, 0) is 55.1 Å². The van der Waals surface area contributed by atoms with Crippen molar-refractivity contribution in [3.05, 3.63) is 72.8 Å². The first-order chi connectivity index (χ1) is 22.3. The van der Waals surface area contributed by atoms with Gasteiger partial charge in [-0.25, -0.2) is 4.98 Å². The minimum atomic E-state index is -0.441. The largest absolute Gasteiger partial charge is 0.338 e. The molecule has 0 radical (unpaired) electrons. The molecule has 2 aromatic carbocycles. The molecule has 0 aliphatic carbocycles. The Morgan fingerprint density at radius 2 is 1.80 bits per heavy atom. The minimum Gasteiger partial charge on any atom is -0.338 e. The molecule has 0 bridgehead atoms. The molecular formula is C34H36N10O2. The van der Waals surface area contributed by atoms with Crippen LogP contribution in [-0.2, 0) is 23.7 Å². The Kier molecular flexibility index (Phi) is 6.82. The van der Waals surface area contributed by atoms with Crippen LogP contribution in [0.15, 0.2) is 67.3 Å². The molecule has 12 heteroatoms. The number of likely N-dealkylation sites (tertiary alicyclic amines) is 1. The number of rotatable bonds is 6. The standard InChI is InChI=1S/C34H36N10O2/c1-40-19-26(18-36-40)31-28-17-27(7-8-29(28)37-38-31)44-16-12-34(33(44)46)11-15-42(21-34)20-30(45)43-13-9-24(10-14-43)23-3-5-25(6-4-23)32-35-22-41(2)39-32/h3-9,17-19,22H,10-16,20-21H2,1-2H3,(H,37,38)/t34-/m0/s1. The van der Waals surface area contributed by atoms with Crippen molar-refractivity contribution in [1.29, 1.82) is 0 Å². The molecule has 46 heavy (non-hydrogen) atoms. The summed E-state index contributed by atoms with van der Waals surface area (Å²) in [6.45, 7) is 3.68. The van der Waals surface area contributed by atoms with Crippen LogP contribution in [0.3, 0.4) is 0 Å². The Balaban J connectivity index is 0.893. The van der Waals surface area contributed by atoms with Crippen LogP contribution in [0.25, 0.3) is 39.1 Å². The average Bonchev–Trinajstić information content (AvgIpc) is 3.91.